The highest BCUT2D eigenvalue weighted by Gasteiger charge is 2.32. The molecule has 0 N–H and O–H groups in total. The van der Waals surface area contributed by atoms with Crippen molar-refractivity contribution in [3.05, 3.63) is 24.2 Å². The number of ether oxygens (including phenoxy) is 1. The van der Waals surface area contributed by atoms with Gasteiger partial charge in [-0.15, -0.1) is 0 Å². The van der Waals surface area contributed by atoms with Crippen molar-refractivity contribution < 1.29 is 4.74 Å². The molecule has 0 fully saturated rings. The molecular weight excluding hydrogens is 254 g/mol. The van der Waals surface area contributed by atoms with Gasteiger partial charge in [0, 0.05) is 28.7 Å². The predicted molar refractivity (Wildman–Crippen MR) is 79.1 cm³/mol. The van der Waals surface area contributed by atoms with Crippen molar-refractivity contribution in [3.8, 4) is 16.9 Å². The topological polar surface area (TPSA) is 39.9 Å². The average molecular weight is 273 g/mol. The molecule has 4 nitrogen and oxygen atoms in total. The Morgan fingerprint density at radius 1 is 1.32 bits per heavy atom. The standard InChI is InChI=1S/C14H19N3OSi/c1-14(2)5-11-10(6-16-17(11)8-14)9-4-13(19)15-7-12(9)18-3/h4,6-7H,5,8H2,1-3,19H3. The van der Waals surface area contributed by atoms with Crippen molar-refractivity contribution in [2.24, 2.45) is 5.41 Å². The van der Waals surface area contributed by atoms with Gasteiger partial charge >= 0.3 is 0 Å². The van der Waals surface area contributed by atoms with Crippen LogP contribution in [0, 0.1) is 5.41 Å². The van der Waals surface area contributed by atoms with Gasteiger partial charge in [0.15, 0.2) is 0 Å². The van der Waals surface area contributed by atoms with Crippen molar-refractivity contribution in [1.82, 2.24) is 14.8 Å². The van der Waals surface area contributed by atoms with Gasteiger partial charge < -0.3 is 4.74 Å². The number of pyridine rings is 1. The first-order chi connectivity index (χ1) is 9.00. The summed E-state index contributed by atoms with van der Waals surface area (Å²) in [5.41, 5.74) is 3.93. The summed E-state index contributed by atoms with van der Waals surface area (Å²) in [5.74, 6) is 0.833. The highest BCUT2D eigenvalue weighted by atomic mass is 28.1. The minimum Gasteiger partial charge on any atom is -0.494 e. The van der Waals surface area contributed by atoms with Gasteiger partial charge in [0.05, 0.1) is 29.7 Å². The number of rotatable bonds is 2. The zero-order valence-corrected chi connectivity index (χ0v) is 13.9. The molecule has 0 saturated heterocycles. The fourth-order valence-corrected chi connectivity index (χ4v) is 3.21. The third-order valence-electron chi connectivity index (χ3n) is 3.69. The van der Waals surface area contributed by atoms with E-state index in [4.69, 9.17) is 4.74 Å². The fraction of sp³-hybridized carbons (Fsp3) is 0.429. The SMILES string of the molecule is COc1cnc([SiH3])cc1-c1cnn2c1CC(C)(C)C2. The van der Waals surface area contributed by atoms with Gasteiger partial charge in [-0.3, -0.25) is 9.67 Å². The zero-order chi connectivity index (χ0) is 13.6. The second kappa shape index (κ2) is 4.20. The lowest BCUT2D eigenvalue weighted by molar-refractivity contribution is 0.347. The maximum Gasteiger partial charge on any atom is 0.145 e. The second-order valence-electron chi connectivity index (χ2n) is 6.03. The van der Waals surface area contributed by atoms with Gasteiger partial charge in [0.25, 0.3) is 0 Å². The van der Waals surface area contributed by atoms with Gasteiger partial charge in [-0.2, -0.15) is 5.10 Å². The molecule has 1 aliphatic heterocycles. The molecule has 1 aliphatic rings. The van der Waals surface area contributed by atoms with Crippen LogP contribution in [-0.4, -0.2) is 32.1 Å². The van der Waals surface area contributed by atoms with Crippen LogP contribution in [0.15, 0.2) is 18.5 Å². The third kappa shape index (κ3) is 2.08. The molecule has 0 amide bonds. The second-order valence-corrected chi connectivity index (χ2v) is 7.05. The first kappa shape index (κ1) is 12.4. The first-order valence-electron chi connectivity index (χ1n) is 6.56. The summed E-state index contributed by atoms with van der Waals surface area (Å²) < 4.78 is 7.58. The Bertz CT molecular complexity index is 634. The smallest absolute Gasteiger partial charge is 0.145 e. The Kier molecular flexibility index (Phi) is 2.74. The van der Waals surface area contributed by atoms with Crippen LogP contribution in [0.3, 0.4) is 0 Å². The summed E-state index contributed by atoms with van der Waals surface area (Å²) in [5, 5.41) is 5.66. The van der Waals surface area contributed by atoms with Crippen molar-refractivity contribution in [1.29, 1.82) is 0 Å². The zero-order valence-electron chi connectivity index (χ0n) is 11.9. The Morgan fingerprint density at radius 2 is 2.11 bits per heavy atom. The van der Waals surface area contributed by atoms with E-state index < -0.39 is 0 Å². The van der Waals surface area contributed by atoms with E-state index in [2.05, 4.69) is 34.7 Å². The monoisotopic (exact) mass is 273 g/mol. The molecule has 2 aromatic rings. The quantitative estimate of drug-likeness (QED) is 0.749. The van der Waals surface area contributed by atoms with Crippen LogP contribution in [-0.2, 0) is 13.0 Å². The van der Waals surface area contributed by atoms with Crippen molar-refractivity contribution in [3.63, 3.8) is 0 Å². The van der Waals surface area contributed by atoms with Crippen LogP contribution in [0.4, 0.5) is 0 Å². The highest BCUT2D eigenvalue weighted by Crippen LogP contribution is 2.39. The van der Waals surface area contributed by atoms with Gasteiger partial charge in [0.1, 0.15) is 5.75 Å². The summed E-state index contributed by atoms with van der Waals surface area (Å²) in [6, 6.07) is 2.13. The molecular formula is C14H19N3OSi. The van der Waals surface area contributed by atoms with Crippen LogP contribution >= 0.6 is 0 Å². The molecule has 3 heterocycles. The molecule has 0 spiro atoms. The van der Waals surface area contributed by atoms with Crippen LogP contribution in [0.25, 0.3) is 11.1 Å². The molecule has 100 valence electrons. The minimum absolute atomic E-state index is 0.294. The van der Waals surface area contributed by atoms with Gasteiger partial charge in [-0.25, -0.2) is 0 Å². The maximum atomic E-state index is 5.45. The molecule has 5 heteroatoms. The number of fused-ring (bicyclic) bond motifs is 1. The number of aromatic nitrogens is 3. The summed E-state index contributed by atoms with van der Waals surface area (Å²) in [4.78, 5) is 4.35. The molecule has 0 aromatic carbocycles. The van der Waals surface area contributed by atoms with E-state index in [0.29, 0.717) is 5.41 Å². The summed E-state index contributed by atoms with van der Waals surface area (Å²) in [6.45, 7) is 5.56. The Hall–Kier alpha value is -1.62. The highest BCUT2D eigenvalue weighted by molar-refractivity contribution is 6.31. The molecule has 0 atom stereocenters. The summed E-state index contributed by atoms with van der Waals surface area (Å²) in [6.07, 6.45) is 4.84. The van der Waals surface area contributed by atoms with Crippen LogP contribution in [0.2, 0.25) is 0 Å². The van der Waals surface area contributed by atoms with E-state index in [1.807, 2.05) is 12.4 Å². The first-order valence-corrected chi connectivity index (χ1v) is 7.56. The van der Waals surface area contributed by atoms with Crippen molar-refractivity contribution in [2.75, 3.05) is 7.11 Å². The summed E-state index contributed by atoms with van der Waals surface area (Å²) >= 11 is 0. The molecule has 0 bridgehead atoms. The van der Waals surface area contributed by atoms with E-state index >= 15 is 0 Å². The summed E-state index contributed by atoms with van der Waals surface area (Å²) in [7, 11) is 2.64. The Labute approximate surface area is 116 Å². The van der Waals surface area contributed by atoms with E-state index in [-0.39, 0.29) is 0 Å². The minimum atomic E-state index is 0.294. The number of hydrogen-bond acceptors (Lipinski definition) is 3. The van der Waals surface area contributed by atoms with Gasteiger partial charge in [-0.1, -0.05) is 13.8 Å². The Morgan fingerprint density at radius 3 is 2.84 bits per heavy atom. The lowest BCUT2D eigenvalue weighted by Crippen LogP contribution is -2.13. The van der Waals surface area contributed by atoms with E-state index in [9.17, 15) is 0 Å². The number of hydrogen-bond donors (Lipinski definition) is 0. The van der Waals surface area contributed by atoms with Crippen LogP contribution in [0.1, 0.15) is 19.5 Å². The molecule has 3 rings (SSSR count). The lowest BCUT2D eigenvalue weighted by Gasteiger charge is -2.15. The predicted octanol–water partition coefficient (Wildman–Crippen LogP) is 0.527. The molecule has 19 heavy (non-hydrogen) atoms. The van der Waals surface area contributed by atoms with Crippen molar-refractivity contribution in [2.45, 2.75) is 26.8 Å². The molecule has 0 saturated carbocycles. The molecule has 2 aromatic heterocycles. The average Bonchev–Trinajstić information content (AvgIpc) is 2.84. The van der Waals surface area contributed by atoms with Crippen LogP contribution in [0.5, 0.6) is 5.75 Å². The molecule has 0 aliphatic carbocycles. The lowest BCUT2D eigenvalue weighted by atomic mass is 9.89. The number of nitrogens with zero attached hydrogens (tertiary/aromatic N) is 3. The van der Waals surface area contributed by atoms with E-state index in [0.717, 1.165) is 39.8 Å². The van der Waals surface area contributed by atoms with Crippen molar-refractivity contribution >= 4 is 15.6 Å². The molecule has 0 unspecified atom stereocenters. The van der Waals surface area contributed by atoms with Gasteiger partial charge in [-0.05, 0) is 17.9 Å². The van der Waals surface area contributed by atoms with E-state index in [1.54, 1.807) is 7.11 Å². The van der Waals surface area contributed by atoms with Gasteiger partial charge in [0.2, 0.25) is 0 Å². The molecule has 0 radical (unpaired) electrons. The maximum absolute atomic E-state index is 5.45. The number of methoxy groups -OCH3 is 1. The van der Waals surface area contributed by atoms with E-state index in [1.165, 1.54) is 11.3 Å². The normalized spacial score (nSPS) is 16.6. The third-order valence-corrected chi connectivity index (χ3v) is 4.23. The van der Waals surface area contributed by atoms with Crippen LogP contribution < -0.4 is 10.1 Å². The largest absolute Gasteiger partial charge is 0.494 e. The Balaban J connectivity index is 2.13. The fourth-order valence-electron chi connectivity index (χ4n) is 2.79.